The predicted molar refractivity (Wildman–Crippen MR) is 101 cm³/mol. The number of ether oxygens (including phenoxy) is 2. The van der Waals surface area contributed by atoms with Gasteiger partial charge in [-0.05, 0) is 44.2 Å². The summed E-state index contributed by atoms with van der Waals surface area (Å²) in [5.74, 6) is 1.31. The molecule has 27 heavy (non-hydrogen) atoms. The van der Waals surface area contributed by atoms with Gasteiger partial charge in [0.2, 0.25) is 11.8 Å². The lowest BCUT2D eigenvalue weighted by atomic mass is 9.91. The van der Waals surface area contributed by atoms with Crippen molar-refractivity contribution in [3.8, 4) is 11.5 Å². The summed E-state index contributed by atoms with van der Waals surface area (Å²) in [5, 5.41) is 6.36. The van der Waals surface area contributed by atoms with Crippen LogP contribution in [0, 0.1) is 11.3 Å². The molecule has 3 fully saturated rings. The van der Waals surface area contributed by atoms with E-state index in [1.54, 1.807) is 25.2 Å². The number of amides is 2. The highest BCUT2D eigenvalue weighted by molar-refractivity contribution is 6.02. The summed E-state index contributed by atoms with van der Waals surface area (Å²) in [4.78, 5) is 27.3. The molecule has 7 heteroatoms. The van der Waals surface area contributed by atoms with Gasteiger partial charge in [0.25, 0.3) is 0 Å². The number of methoxy groups -OCH3 is 2. The molecule has 0 aromatic heterocycles. The largest absolute Gasteiger partial charge is 0.497 e. The molecule has 0 radical (unpaired) electrons. The number of benzene rings is 1. The zero-order chi connectivity index (χ0) is 19.0. The second-order valence-corrected chi connectivity index (χ2v) is 7.78. The van der Waals surface area contributed by atoms with Crippen LogP contribution in [0.15, 0.2) is 18.2 Å². The first kappa shape index (κ1) is 18.1. The fraction of sp³-hybridized carbons (Fsp3) is 0.600. The minimum atomic E-state index is -0.450. The van der Waals surface area contributed by atoms with E-state index in [0.717, 1.165) is 38.0 Å². The summed E-state index contributed by atoms with van der Waals surface area (Å²) < 4.78 is 10.6. The van der Waals surface area contributed by atoms with Gasteiger partial charge in [0.1, 0.15) is 17.5 Å². The van der Waals surface area contributed by atoms with Crippen LogP contribution in [0.4, 0.5) is 5.69 Å². The van der Waals surface area contributed by atoms with Crippen LogP contribution in [0.25, 0.3) is 0 Å². The number of rotatable bonds is 5. The number of hydrogen-bond acceptors (Lipinski definition) is 5. The second kappa shape index (κ2) is 7.03. The molecule has 0 bridgehead atoms. The fourth-order valence-corrected chi connectivity index (χ4v) is 4.49. The Balaban J connectivity index is 1.41. The number of piperidine rings is 1. The van der Waals surface area contributed by atoms with E-state index in [1.165, 1.54) is 0 Å². The van der Waals surface area contributed by atoms with E-state index >= 15 is 0 Å². The number of carbonyl (C=O) groups is 2. The van der Waals surface area contributed by atoms with E-state index < -0.39 is 6.04 Å². The lowest BCUT2D eigenvalue weighted by Crippen LogP contribution is -2.43. The number of anilines is 1. The molecule has 4 rings (SSSR count). The zero-order valence-corrected chi connectivity index (χ0v) is 15.9. The van der Waals surface area contributed by atoms with Gasteiger partial charge in [-0.15, -0.1) is 0 Å². The molecule has 7 nitrogen and oxygen atoms in total. The molecule has 2 unspecified atom stereocenters. The SMILES string of the molecule is COc1cc(OC)cc(N2CCC(NC(=O)C3CC34CCNCC4)C2=O)c1. The molecule has 2 aliphatic heterocycles. The molecule has 3 aliphatic rings. The lowest BCUT2D eigenvalue weighted by Gasteiger charge is -2.23. The predicted octanol–water partition coefficient (Wildman–Crippen LogP) is 1.31. The monoisotopic (exact) mass is 373 g/mol. The van der Waals surface area contributed by atoms with Crippen molar-refractivity contribution in [1.82, 2.24) is 10.6 Å². The minimum Gasteiger partial charge on any atom is -0.497 e. The van der Waals surface area contributed by atoms with Crippen molar-refractivity contribution in [3.05, 3.63) is 18.2 Å². The Bertz CT molecular complexity index is 722. The average molecular weight is 373 g/mol. The molecule has 2 amide bonds. The number of nitrogens with one attached hydrogen (secondary N) is 2. The van der Waals surface area contributed by atoms with Gasteiger partial charge in [-0.3, -0.25) is 9.59 Å². The molecule has 2 N–H and O–H groups in total. The third-order valence-electron chi connectivity index (χ3n) is 6.28. The summed E-state index contributed by atoms with van der Waals surface area (Å²) in [5.41, 5.74) is 0.908. The van der Waals surface area contributed by atoms with E-state index in [9.17, 15) is 9.59 Å². The standard InChI is InChI=1S/C20H27N3O4/c1-26-14-9-13(10-15(11-14)27-2)23-8-3-17(19(23)25)22-18(24)16-12-20(16)4-6-21-7-5-20/h9-11,16-17,21H,3-8,12H2,1-2H3,(H,22,24). The Morgan fingerprint density at radius 3 is 2.48 bits per heavy atom. The third-order valence-corrected chi connectivity index (χ3v) is 6.28. The number of hydrogen-bond donors (Lipinski definition) is 2. The van der Waals surface area contributed by atoms with Crippen LogP contribution in [-0.4, -0.2) is 51.7 Å². The summed E-state index contributed by atoms with van der Waals surface area (Å²) in [6.07, 6.45) is 3.68. The van der Waals surface area contributed by atoms with Crippen molar-refractivity contribution >= 4 is 17.5 Å². The smallest absolute Gasteiger partial charge is 0.249 e. The number of carbonyl (C=O) groups excluding carboxylic acids is 2. The van der Waals surface area contributed by atoms with Gasteiger partial charge in [0.15, 0.2) is 0 Å². The van der Waals surface area contributed by atoms with Crippen molar-refractivity contribution in [3.63, 3.8) is 0 Å². The van der Waals surface area contributed by atoms with Crippen molar-refractivity contribution in [1.29, 1.82) is 0 Å². The molecule has 1 aromatic carbocycles. The Morgan fingerprint density at radius 1 is 1.19 bits per heavy atom. The first-order valence-electron chi connectivity index (χ1n) is 9.62. The average Bonchev–Trinajstić information content (AvgIpc) is 3.27. The van der Waals surface area contributed by atoms with E-state index in [-0.39, 0.29) is 23.1 Å². The highest BCUT2D eigenvalue weighted by Gasteiger charge is 2.58. The van der Waals surface area contributed by atoms with Crippen LogP contribution in [0.5, 0.6) is 11.5 Å². The van der Waals surface area contributed by atoms with Gasteiger partial charge in [-0.1, -0.05) is 0 Å². The summed E-state index contributed by atoms with van der Waals surface area (Å²) >= 11 is 0. The fourth-order valence-electron chi connectivity index (χ4n) is 4.49. The van der Waals surface area contributed by atoms with Crippen LogP contribution in [0.1, 0.15) is 25.7 Å². The van der Waals surface area contributed by atoms with Gasteiger partial charge in [0.05, 0.1) is 19.9 Å². The molecule has 2 atom stereocenters. The summed E-state index contributed by atoms with van der Waals surface area (Å²) in [6, 6.07) is 4.95. The lowest BCUT2D eigenvalue weighted by molar-refractivity contribution is -0.127. The van der Waals surface area contributed by atoms with E-state index in [1.807, 2.05) is 12.1 Å². The molecule has 2 saturated heterocycles. The topological polar surface area (TPSA) is 79.9 Å². The van der Waals surface area contributed by atoms with Crippen LogP contribution < -0.4 is 25.0 Å². The van der Waals surface area contributed by atoms with Gasteiger partial charge in [-0.25, -0.2) is 0 Å². The Labute approximate surface area is 159 Å². The Kier molecular flexibility index (Phi) is 4.72. The molecule has 1 aromatic rings. The van der Waals surface area contributed by atoms with E-state index in [2.05, 4.69) is 10.6 Å². The van der Waals surface area contributed by atoms with E-state index in [0.29, 0.717) is 24.5 Å². The molecule has 1 saturated carbocycles. The van der Waals surface area contributed by atoms with Crippen molar-refractivity contribution in [2.75, 3.05) is 38.8 Å². The summed E-state index contributed by atoms with van der Waals surface area (Å²) in [6.45, 7) is 2.54. The maximum absolute atomic E-state index is 12.9. The zero-order valence-electron chi connectivity index (χ0n) is 15.9. The molecule has 1 spiro atoms. The van der Waals surface area contributed by atoms with Crippen molar-refractivity contribution < 1.29 is 19.1 Å². The quantitative estimate of drug-likeness (QED) is 0.814. The van der Waals surface area contributed by atoms with E-state index in [4.69, 9.17) is 9.47 Å². The van der Waals surface area contributed by atoms with Crippen LogP contribution in [0.3, 0.4) is 0 Å². The first-order valence-corrected chi connectivity index (χ1v) is 9.62. The second-order valence-electron chi connectivity index (χ2n) is 7.78. The van der Waals surface area contributed by atoms with Crippen LogP contribution in [0.2, 0.25) is 0 Å². The molecular formula is C20H27N3O4. The van der Waals surface area contributed by atoms with Gasteiger partial charge in [-0.2, -0.15) is 0 Å². The van der Waals surface area contributed by atoms with Crippen molar-refractivity contribution in [2.45, 2.75) is 31.7 Å². The minimum absolute atomic E-state index is 0.0420. The first-order chi connectivity index (χ1) is 13.1. The Hall–Kier alpha value is -2.28. The van der Waals surface area contributed by atoms with Crippen LogP contribution >= 0.6 is 0 Å². The molecule has 1 aliphatic carbocycles. The normalized spacial score (nSPS) is 26.1. The van der Waals surface area contributed by atoms with Crippen LogP contribution in [-0.2, 0) is 9.59 Å². The highest BCUT2D eigenvalue weighted by atomic mass is 16.5. The van der Waals surface area contributed by atoms with Gasteiger partial charge >= 0.3 is 0 Å². The molecular weight excluding hydrogens is 346 g/mol. The highest BCUT2D eigenvalue weighted by Crippen LogP contribution is 2.58. The molecule has 146 valence electrons. The Morgan fingerprint density at radius 2 is 1.85 bits per heavy atom. The number of nitrogens with zero attached hydrogens (tertiary/aromatic N) is 1. The van der Waals surface area contributed by atoms with Gasteiger partial charge in [0, 0.05) is 30.7 Å². The maximum atomic E-state index is 12.9. The molecule has 2 heterocycles. The van der Waals surface area contributed by atoms with Gasteiger partial charge < -0.3 is 25.0 Å². The third kappa shape index (κ3) is 3.36. The van der Waals surface area contributed by atoms with Crippen molar-refractivity contribution in [2.24, 2.45) is 11.3 Å². The maximum Gasteiger partial charge on any atom is 0.249 e. The summed E-state index contributed by atoms with van der Waals surface area (Å²) in [7, 11) is 3.17.